The molecule has 1 atom stereocenters. The second kappa shape index (κ2) is 17.1. The average molecular weight is 672 g/mol. The molecule has 7 heteroatoms. The number of ether oxygens (including phenoxy) is 2. The molecule has 1 aromatic heterocycles. The fourth-order valence-corrected chi connectivity index (χ4v) is 6.45. The van der Waals surface area contributed by atoms with Crippen molar-refractivity contribution in [2.24, 2.45) is 0 Å². The molecule has 0 saturated carbocycles. The molecule has 0 radical (unpaired) electrons. The minimum absolute atomic E-state index is 0.0135. The lowest BCUT2D eigenvalue weighted by atomic mass is 9.97. The number of methoxy groups -OCH3 is 1. The number of nitrogens with one attached hydrogen (secondary N) is 1. The Balaban J connectivity index is 1.39. The molecule has 50 heavy (non-hydrogen) atoms. The molecule has 0 aliphatic heterocycles. The number of para-hydroxylation sites is 1. The van der Waals surface area contributed by atoms with E-state index < -0.39 is 6.04 Å². The van der Waals surface area contributed by atoms with Crippen LogP contribution in [0.2, 0.25) is 0 Å². The summed E-state index contributed by atoms with van der Waals surface area (Å²) >= 11 is 0. The summed E-state index contributed by atoms with van der Waals surface area (Å²) in [5.74, 6) is 1.24. The highest BCUT2D eigenvalue weighted by atomic mass is 16.5. The summed E-state index contributed by atoms with van der Waals surface area (Å²) in [6.07, 6.45) is 1.45. The minimum atomic E-state index is -0.705. The molecule has 0 saturated heterocycles. The van der Waals surface area contributed by atoms with Gasteiger partial charge in [0.2, 0.25) is 0 Å². The summed E-state index contributed by atoms with van der Waals surface area (Å²) in [6.45, 7) is 12.0. The predicted molar refractivity (Wildman–Crippen MR) is 202 cm³/mol. The van der Waals surface area contributed by atoms with Crippen molar-refractivity contribution in [1.29, 1.82) is 0 Å². The molecule has 5 rings (SSSR count). The van der Waals surface area contributed by atoms with E-state index in [1.54, 1.807) is 7.11 Å². The van der Waals surface area contributed by atoms with E-state index in [-0.39, 0.29) is 11.7 Å². The Morgan fingerprint density at radius 3 is 2.20 bits per heavy atom. The van der Waals surface area contributed by atoms with Crippen LogP contribution >= 0.6 is 0 Å². The number of nitrogens with zero attached hydrogens (tertiary/aromatic N) is 2. The first-order valence-electron chi connectivity index (χ1n) is 17.5. The van der Waals surface area contributed by atoms with Gasteiger partial charge in [0.1, 0.15) is 18.1 Å². The number of amides is 1. The lowest BCUT2D eigenvalue weighted by molar-refractivity contribution is -0.121. The van der Waals surface area contributed by atoms with Gasteiger partial charge in [0.05, 0.1) is 29.9 Å². The van der Waals surface area contributed by atoms with Gasteiger partial charge in [0.15, 0.2) is 5.78 Å². The van der Waals surface area contributed by atoms with Crippen molar-refractivity contribution in [1.82, 2.24) is 15.2 Å². The van der Waals surface area contributed by atoms with Crippen molar-refractivity contribution in [3.05, 3.63) is 125 Å². The van der Waals surface area contributed by atoms with Gasteiger partial charge in [-0.3, -0.25) is 14.5 Å². The van der Waals surface area contributed by atoms with Crippen LogP contribution in [0.4, 0.5) is 0 Å². The number of hydrogen-bond acceptors (Lipinski definition) is 6. The Hall–Kier alpha value is -5.01. The number of fused-ring (bicyclic) bond motifs is 1. The van der Waals surface area contributed by atoms with Gasteiger partial charge >= 0.3 is 0 Å². The normalized spacial score (nSPS) is 12.0. The van der Waals surface area contributed by atoms with Crippen molar-refractivity contribution >= 4 is 22.6 Å². The zero-order valence-corrected chi connectivity index (χ0v) is 30.1. The number of hydrogen-bond donors (Lipinski definition) is 1. The number of rotatable bonds is 16. The van der Waals surface area contributed by atoms with Gasteiger partial charge in [-0.2, -0.15) is 0 Å². The maximum Gasteiger partial charge on any atom is 0.252 e. The molecule has 1 N–H and O–H groups in total. The van der Waals surface area contributed by atoms with Crippen LogP contribution in [-0.2, 0) is 17.8 Å². The molecule has 1 heterocycles. The average Bonchev–Trinajstić information content (AvgIpc) is 3.12. The SMILES string of the molecule is COc1ccc(-c2cc(C(=O)NC(Cc3ccc(OCc4ccccc4)cc3)C(=O)CCCN(C(C)C)C(C)C)c3ccccc3n2)cc1C. The summed E-state index contributed by atoms with van der Waals surface area (Å²) in [6, 6.07) is 33.2. The van der Waals surface area contributed by atoms with Crippen molar-refractivity contribution in [2.45, 2.75) is 78.6 Å². The number of benzene rings is 4. The fraction of sp³-hybridized carbons (Fsp3) is 0.326. The van der Waals surface area contributed by atoms with E-state index >= 15 is 0 Å². The molecular weight excluding hydrogens is 622 g/mol. The van der Waals surface area contributed by atoms with Gasteiger partial charge in [0, 0.05) is 29.5 Å². The van der Waals surface area contributed by atoms with Gasteiger partial charge in [-0.15, -0.1) is 0 Å². The summed E-state index contributed by atoms with van der Waals surface area (Å²) < 4.78 is 11.4. The van der Waals surface area contributed by atoms with E-state index in [9.17, 15) is 9.59 Å². The number of aromatic nitrogens is 1. The monoisotopic (exact) mass is 671 g/mol. The first kappa shape index (κ1) is 36.3. The lowest BCUT2D eigenvalue weighted by Crippen LogP contribution is -2.43. The molecule has 4 aromatic carbocycles. The minimum Gasteiger partial charge on any atom is -0.496 e. The quantitative estimate of drug-likeness (QED) is 0.113. The van der Waals surface area contributed by atoms with Gasteiger partial charge in [-0.05, 0) is 113 Å². The highest BCUT2D eigenvalue weighted by Crippen LogP contribution is 2.29. The van der Waals surface area contributed by atoms with Crippen LogP contribution in [-0.4, -0.2) is 53.4 Å². The number of Topliss-reactive ketones (excluding diaryl/α,β-unsaturated/α-hetero) is 1. The third kappa shape index (κ3) is 9.36. The van der Waals surface area contributed by atoms with Crippen molar-refractivity contribution in [2.75, 3.05) is 13.7 Å². The van der Waals surface area contributed by atoms with Crippen molar-refractivity contribution < 1.29 is 19.1 Å². The number of carbonyl (C=O) groups excluding carboxylic acids is 2. The van der Waals surface area contributed by atoms with E-state index in [1.165, 1.54) is 0 Å². The Bertz CT molecular complexity index is 1880. The maximum absolute atomic E-state index is 14.2. The second-order valence-electron chi connectivity index (χ2n) is 13.4. The number of ketones is 1. The maximum atomic E-state index is 14.2. The topological polar surface area (TPSA) is 80.8 Å². The van der Waals surface area contributed by atoms with Crippen LogP contribution in [0.25, 0.3) is 22.2 Å². The van der Waals surface area contributed by atoms with Gasteiger partial charge < -0.3 is 14.8 Å². The molecule has 0 fully saturated rings. The zero-order valence-electron chi connectivity index (χ0n) is 30.1. The highest BCUT2D eigenvalue weighted by molar-refractivity contribution is 6.08. The Kier molecular flexibility index (Phi) is 12.4. The largest absolute Gasteiger partial charge is 0.496 e. The number of carbonyl (C=O) groups is 2. The van der Waals surface area contributed by atoms with Crippen LogP contribution in [0.1, 0.15) is 67.6 Å². The van der Waals surface area contributed by atoms with E-state index in [4.69, 9.17) is 14.5 Å². The molecule has 7 nitrogen and oxygen atoms in total. The van der Waals surface area contributed by atoms with E-state index in [2.05, 4.69) is 37.9 Å². The van der Waals surface area contributed by atoms with E-state index in [1.807, 2.05) is 110 Å². The standard InChI is InChI=1S/C43H49N3O4/c1-29(2)46(30(3)4)24-12-17-41(47)40(26-32-18-21-35(22-19-32)50-28-33-13-8-7-9-14-33)45-43(48)37-27-39(44-38-16-11-10-15-36(37)38)34-20-23-42(49-6)31(5)25-34/h7-11,13-16,18-23,25,27,29-30,40H,12,17,24,26,28H2,1-6H3,(H,45,48). The highest BCUT2D eigenvalue weighted by Gasteiger charge is 2.24. The van der Waals surface area contributed by atoms with Crippen molar-refractivity contribution in [3.63, 3.8) is 0 Å². The van der Waals surface area contributed by atoms with Crippen LogP contribution in [0.3, 0.4) is 0 Å². The fourth-order valence-electron chi connectivity index (χ4n) is 6.45. The lowest BCUT2D eigenvalue weighted by Gasteiger charge is -2.30. The summed E-state index contributed by atoms with van der Waals surface area (Å²) in [4.78, 5) is 35.4. The smallest absolute Gasteiger partial charge is 0.252 e. The van der Waals surface area contributed by atoms with Crippen LogP contribution in [0.5, 0.6) is 11.5 Å². The molecule has 1 unspecified atom stereocenters. The van der Waals surface area contributed by atoms with Crippen molar-refractivity contribution in [3.8, 4) is 22.8 Å². The molecular formula is C43H49N3O4. The summed E-state index contributed by atoms with van der Waals surface area (Å²) in [5, 5.41) is 3.88. The van der Waals surface area contributed by atoms with Crippen LogP contribution < -0.4 is 14.8 Å². The van der Waals surface area contributed by atoms with Crippen LogP contribution in [0, 0.1) is 6.92 Å². The molecule has 0 aliphatic rings. The van der Waals surface area contributed by atoms with E-state index in [0.29, 0.717) is 54.7 Å². The van der Waals surface area contributed by atoms with Gasteiger partial charge in [-0.1, -0.05) is 60.7 Å². The second-order valence-corrected chi connectivity index (χ2v) is 13.4. The Labute approximate surface area is 296 Å². The van der Waals surface area contributed by atoms with E-state index in [0.717, 1.165) is 45.7 Å². The third-order valence-electron chi connectivity index (χ3n) is 9.12. The van der Waals surface area contributed by atoms with Crippen LogP contribution in [0.15, 0.2) is 103 Å². The predicted octanol–water partition coefficient (Wildman–Crippen LogP) is 8.61. The first-order valence-corrected chi connectivity index (χ1v) is 17.5. The molecule has 0 aliphatic carbocycles. The molecule has 5 aromatic rings. The zero-order chi connectivity index (χ0) is 35.6. The molecule has 0 bridgehead atoms. The molecule has 260 valence electrons. The first-order chi connectivity index (χ1) is 24.1. The third-order valence-corrected chi connectivity index (χ3v) is 9.12. The number of pyridine rings is 1. The van der Waals surface area contributed by atoms with Gasteiger partial charge in [0.25, 0.3) is 5.91 Å². The summed E-state index contributed by atoms with van der Waals surface area (Å²) in [7, 11) is 1.65. The summed E-state index contributed by atoms with van der Waals surface area (Å²) in [5.41, 5.74) is 5.75. The Morgan fingerprint density at radius 1 is 0.820 bits per heavy atom. The number of aryl methyl sites for hydroxylation is 1. The van der Waals surface area contributed by atoms with Gasteiger partial charge in [-0.25, -0.2) is 4.98 Å². The molecule has 0 spiro atoms. The Morgan fingerprint density at radius 2 is 1.52 bits per heavy atom. The molecule has 1 amide bonds.